The summed E-state index contributed by atoms with van der Waals surface area (Å²) in [5.41, 5.74) is 1.84. The molecule has 0 saturated heterocycles. The quantitative estimate of drug-likeness (QED) is 0.0988. The Balaban J connectivity index is 1.32. The van der Waals surface area contributed by atoms with Crippen molar-refractivity contribution in [3.63, 3.8) is 0 Å². The van der Waals surface area contributed by atoms with Crippen LogP contribution in [-0.2, 0) is 6.61 Å². The maximum atomic E-state index is 12.4. The van der Waals surface area contributed by atoms with Crippen LogP contribution in [0.3, 0.4) is 0 Å². The summed E-state index contributed by atoms with van der Waals surface area (Å²) in [6.07, 6.45) is 17.9. The van der Waals surface area contributed by atoms with E-state index >= 15 is 0 Å². The number of benzene rings is 3. The van der Waals surface area contributed by atoms with Crippen LogP contribution in [0.2, 0.25) is 0 Å². The van der Waals surface area contributed by atoms with Crippen LogP contribution in [-0.4, -0.2) is 12.4 Å². The molecule has 0 unspecified atom stereocenters. The number of ether oxygens (including phenoxy) is 2. The molecule has 0 saturated carbocycles. The van der Waals surface area contributed by atoms with Gasteiger partial charge < -0.3 is 9.47 Å². The largest absolute Gasteiger partial charge is 0.494 e. The van der Waals surface area contributed by atoms with E-state index in [0.717, 1.165) is 52.8 Å². The summed E-state index contributed by atoms with van der Waals surface area (Å²) >= 11 is 0. The second-order valence-electron chi connectivity index (χ2n) is 11.5. The van der Waals surface area contributed by atoms with Crippen molar-refractivity contribution in [1.29, 1.82) is 0 Å². The summed E-state index contributed by atoms with van der Waals surface area (Å²) in [4.78, 5) is 12.4. The number of rotatable bonds is 21. The first-order chi connectivity index (χ1) is 19.6. The molecule has 0 aliphatic rings. The molecule has 0 bridgehead atoms. The van der Waals surface area contributed by atoms with Crippen molar-refractivity contribution in [2.75, 3.05) is 6.61 Å². The molecule has 3 nitrogen and oxygen atoms in total. The van der Waals surface area contributed by atoms with Gasteiger partial charge in [-0.2, -0.15) is 0 Å². The lowest BCUT2D eigenvalue weighted by molar-refractivity contribution is 0.0963. The fraction of sp³-hybridized carbons (Fsp3) is 0.541. The Labute approximate surface area is 243 Å². The molecule has 0 aliphatic carbocycles. The fourth-order valence-corrected chi connectivity index (χ4v) is 5.05. The van der Waals surface area contributed by atoms with Crippen molar-refractivity contribution in [3.8, 4) is 11.5 Å². The number of carbonyl (C=O) groups is 1. The first-order valence-corrected chi connectivity index (χ1v) is 16.0. The highest BCUT2D eigenvalue weighted by molar-refractivity contribution is 5.96. The van der Waals surface area contributed by atoms with E-state index in [-0.39, 0.29) is 5.78 Å². The van der Waals surface area contributed by atoms with Gasteiger partial charge >= 0.3 is 0 Å². The Kier molecular flexibility index (Phi) is 14.7. The predicted octanol–water partition coefficient (Wildman–Crippen LogP) is 11.1. The lowest BCUT2D eigenvalue weighted by Crippen LogP contribution is -2.05. The molecule has 0 fully saturated rings. The van der Waals surface area contributed by atoms with E-state index in [1.165, 1.54) is 70.6 Å². The van der Waals surface area contributed by atoms with Gasteiger partial charge in [-0.15, -0.1) is 0 Å². The maximum absolute atomic E-state index is 12.4. The summed E-state index contributed by atoms with van der Waals surface area (Å²) in [5, 5.41) is 2.30. The Morgan fingerprint density at radius 1 is 0.650 bits per heavy atom. The fourth-order valence-electron chi connectivity index (χ4n) is 5.05. The monoisotopic (exact) mass is 544 g/mol. The molecule has 0 aliphatic heterocycles. The van der Waals surface area contributed by atoms with Gasteiger partial charge in [0, 0.05) is 12.0 Å². The second-order valence-corrected chi connectivity index (χ2v) is 11.5. The van der Waals surface area contributed by atoms with Crippen molar-refractivity contribution >= 4 is 16.6 Å². The number of unbranched alkanes of at least 4 members (excludes halogenated alkanes) is 11. The third kappa shape index (κ3) is 11.7. The van der Waals surface area contributed by atoms with Gasteiger partial charge in [-0.25, -0.2) is 0 Å². The van der Waals surface area contributed by atoms with Crippen molar-refractivity contribution in [2.24, 2.45) is 5.92 Å². The molecule has 218 valence electrons. The summed E-state index contributed by atoms with van der Waals surface area (Å²) in [5.74, 6) is 2.42. The Morgan fingerprint density at radius 2 is 1.18 bits per heavy atom. The lowest BCUT2D eigenvalue weighted by Gasteiger charge is -2.10. The standard InChI is InChI=1S/C37H52O3/c1-4-6-7-8-9-10-11-12-13-14-15-16-25-39-35-23-21-34-28-36(24-22-33(34)27-35)40-29-31-17-19-32(20-18-31)37(38)26-30(3)5-2/h17-24,27-28,30H,4-16,25-26,29H2,1-3H3/t30-/m1/s1. The van der Waals surface area contributed by atoms with E-state index in [2.05, 4.69) is 51.1 Å². The maximum Gasteiger partial charge on any atom is 0.163 e. The number of fused-ring (bicyclic) bond motifs is 1. The molecule has 3 aromatic rings. The predicted molar refractivity (Wildman–Crippen MR) is 170 cm³/mol. The number of carbonyl (C=O) groups excluding carboxylic acids is 1. The molecule has 3 rings (SSSR count). The number of ketones is 1. The number of hydrogen-bond donors (Lipinski definition) is 0. The van der Waals surface area contributed by atoms with Crippen LogP contribution in [0, 0.1) is 5.92 Å². The van der Waals surface area contributed by atoms with Crippen LogP contribution in [0.4, 0.5) is 0 Å². The molecule has 40 heavy (non-hydrogen) atoms. The van der Waals surface area contributed by atoms with Crippen molar-refractivity contribution < 1.29 is 14.3 Å². The van der Waals surface area contributed by atoms with Gasteiger partial charge in [0.1, 0.15) is 18.1 Å². The van der Waals surface area contributed by atoms with Gasteiger partial charge in [-0.05, 0) is 52.9 Å². The highest BCUT2D eigenvalue weighted by Gasteiger charge is 2.10. The molecule has 0 N–H and O–H groups in total. The van der Waals surface area contributed by atoms with Crippen LogP contribution in [0.15, 0.2) is 60.7 Å². The highest BCUT2D eigenvalue weighted by atomic mass is 16.5. The molecule has 3 heteroatoms. The minimum Gasteiger partial charge on any atom is -0.494 e. The molecule has 0 aromatic heterocycles. The number of hydrogen-bond acceptors (Lipinski definition) is 3. The van der Waals surface area contributed by atoms with E-state index < -0.39 is 0 Å². The molecule has 0 heterocycles. The molecule has 0 spiro atoms. The van der Waals surface area contributed by atoms with E-state index in [9.17, 15) is 4.79 Å². The first kappa shape index (κ1) is 31.7. The topological polar surface area (TPSA) is 35.5 Å². The molecule has 3 aromatic carbocycles. The van der Waals surface area contributed by atoms with Crippen LogP contribution in [0.25, 0.3) is 10.8 Å². The Hall–Kier alpha value is -2.81. The van der Waals surface area contributed by atoms with E-state index in [1.54, 1.807) is 0 Å². The number of Topliss-reactive ketones (excluding diaryl/α,β-unsaturated/α-hetero) is 1. The van der Waals surface area contributed by atoms with Crippen molar-refractivity contribution in [3.05, 3.63) is 71.8 Å². The first-order valence-electron chi connectivity index (χ1n) is 16.0. The van der Waals surface area contributed by atoms with Gasteiger partial charge in [0.2, 0.25) is 0 Å². The molecule has 0 radical (unpaired) electrons. The van der Waals surface area contributed by atoms with Gasteiger partial charge in [0.15, 0.2) is 5.78 Å². The second kappa shape index (κ2) is 18.5. The Bertz CT molecular complexity index is 1120. The molecule has 1 atom stereocenters. The molecule has 0 amide bonds. The third-order valence-corrected chi connectivity index (χ3v) is 7.96. The minimum atomic E-state index is 0.216. The van der Waals surface area contributed by atoms with Gasteiger partial charge in [0.25, 0.3) is 0 Å². The Morgan fingerprint density at radius 3 is 1.73 bits per heavy atom. The summed E-state index contributed by atoms with van der Waals surface area (Å²) in [6.45, 7) is 7.79. The van der Waals surface area contributed by atoms with Crippen LogP contribution in [0.1, 0.15) is 127 Å². The van der Waals surface area contributed by atoms with E-state index in [0.29, 0.717) is 18.9 Å². The zero-order valence-electron chi connectivity index (χ0n) is 25.4. The average molecular weight is 545 g/mol. The SMILES string of the molecule is CCCCCCCCCCCCCCOc1ccc2cc(OCc3ccc(C(=O)C[C@H](C)CC)cc3)ccc2c1. The van der Waals surface area contributed by atoms with Gasteiger partial charge in [-0.1, -0.05) is 134 Å². The van der Waals surface area contributed by atoms with E-state index in [4.69, 9.17) is 9.47 Å². The summed E-state index contributed by atoms with van der Waals surface area (Å²) in [7, 11) is 0. The van der Waals surface area contributed by atoms with Crippen LogP contribution in [0.5, 0.6) is 11.5 Å². The van der Waals surface area contributed by atoms with Gasteiger partial charge in [-0.3, -0.25) is 4.79 Å². The van der Waals surface area contributed by atoms with Crippen LogP contribution >= 0.6 is 0 Å². The van der Waals surface area contributed by atoms with Gasteiger partial charge in [0.05, 0.1) is 6.61 Å². The summed E-state index contributed by atoms with van der Waals surface area (Å²) < 4.78 is 12.1. The van der Waals surface area contributed by atoms with Crippen molar-refractivity contribution in [2.45, 2.75) is 117 Å². The smallest absolute Gasteiger partial charge is 0.163 e. The van der Waals surface area contributed by atoms with E-state index in [1.807, 2.05) is 30.3 Å². The zero-order chi connectivity index (χ0) is 28.4. The lowest BCUT2D eigenvalue weighted by atomic mass is 9.97. The van der Waals surface area contributed by atoms with Crippen molar-refractivity contribution in [1.82, 2.24) is 0 Å². The normalized spacial score (nSPS) is 12.0. The summed E-state index contributed by atoms with van der Waals surface area (Å²) in [6, 6.07) is 20.3. The average Bonchev–Trinajstić information content (AvgIpc) is 2.98. The molecular formula is C37H52O3. The molecular weight excluding hydrogens is 492 g/mol. The highest BCUT2D eigenvalue weighted by Crippen LogP contribution is 2.26. The third-order valence-electron chi connectivity index (χ3n) is 7.96. The van der Waals surface area contributed by atoms with Crippen LogP contribution < -0.4 is 9.47 Å². The zero-order valence-corrected chi connectivity index (χ0v) is 25.4. The minimum absolute atomic E-state index is 0.216.